The molecule has 1 heterocycles. The van der Waals surface area contributed by atoms with E-state index in [-0.39, 0.29) is 23.3 Å². The van der Waals surface area contributed by atoms with Crippen molar-refractivity contribution in [1.82, 2.24) is 10.3 Å². The molecule has 2 atom stereocenters. The monoisotopic (exact) mass is 338 g/mol. The van der Waals surface area contributed by atoms with Crippen LogP contribution in [0.25, 0.3) is 0 Å². The van der Waals surface area contributed by atoms with E-state index in [4.69, 9.17) is 14.2 Å². The fourth-order valence-corrected chi connectivity index (χ4v) is 1.70. The predicted octanol–water partition coefficient (Wildman–Crippen LogP) is 1.48. The largest absolute Gasteiger partial charge is 0.493 e. The molecule has 0 fully saturated rings. The minimum atomic E-state index is -0.885. The number of hydrogen-bond donors (Lipinski definition) is 1. The second kappa shape index (κ2) is 8.85. The predicted molar refractivity (Wildman–Crippen MR) is 84.9 cm³/mol. The first kappa shape index (κ1) is 19.4. The molecule has 0 bridgehead atoms. The Bertz CT molecular complexity index is 617. The number of nitrogens with one attached hydrogen (secondary N) is 1. The summed E-state index contributed by atoms with van der Waals surface area (Å²) < 4.78 is 15.2. The van der Waals surface area contributed by atoms with E-state index >= 15 is 0 Å². The van der Waals surface area contributed by atoms with Crippen molar-refractivity contribution in [2.45, 2.75) is 46.3 Å². The maximum Gasteiger partial charge on any atom is 0.328 e. The summed E-state index contributed by atoms with van der Waals surface area (Å²) in [6.07, 6.45) is 1.76. The number of hydrogen-bond acceptors (Lipinski definition) is 7. The SMILES string of the molecule is CCC(C)OC(=O)[C@H](C)NC(=O)c1nccc(OC)c1OC(C)=O. The number of aromatic nitrogens is 1. The molecule has 24 heavy (non-hydrogen) atoms. The number of rotatable bonds is 7. The van der Waals surface area contributed by atoms with Crippen LogP contribution >= 0.6 is 0 Å². The maximum atomic E-state index is 12.4. The van der Waals surface area contributed by atoms with Crippen LogP contribution < -0.4 is 14.8 Å². The molecule has 1 amide bonds. The zero-order chi connectivity index (χ0) is 18.3. The van der Waals surface area contributed by atoms with E-state index in [1.54, 1.807) is 6.92 Å². The lowest BCUT2D eigenvalue weighted by Gasteiger charge is -2.17. The lowest BCUT2D eigenvalue weighted by Crippen LogP contribution is -2.41. The van der Waals surface area contributed by atoms with Gasteiger partial charge in [-0.2, -0.15) is 0 Å². The van der Waals surface area contributed by atoms with Gasteiger partial charge >= 0.3 is 11.9 Å². The quantitative estimate of drug-likeness (QED) is 0.751. The summed E-state index contributed by atoms with van der Waals surface area (Å²) in [5, 5.41) is 2.47. The third-order valence-electron chi connectivity index (χ3n) is 3.14. The van der Waals surface area contributed by atoms with E-state index in [9.17, 15) is 14.4 Å². The van der Waals surface area contributed by atoms with Gasteiger partial charge in [-0.05, 0) is 20.3 Å². The molecule has 8 nitrogen and oxygen atoms in total. The molecule has 8 heteroatoms. The van der Waals surface area contributed by atoms with Gasteiger partial charge in [-0.1, -0.05) is 6.92 Å². The zero-order valence-electron chi connectivity index (χ0n) is 14.4. The van der Waals surface area contributed by atoms with Crippen LogP contribution in [0.3, 0.4) is 0 Å². The normalized spacial score (nSPS) is 12.7. The van der Waals surface area contributed by atoms with Gasteiger partial charge in [0.25, 0.3) is 5.91 Å². The number of nitrogens with zero attached hydrogens (tertiary/aromatic N) is 1. The van der Waals surface area contributed by atoms with Gasteiger partial charge in [0.2, 0.25) is 5.75 Å². The van der Waals surface area contributed by atoms with Crippen molar-refractivity contribution in [3.8, 4) is 11.5 Å². The van der Waals surface area contributed by atoms with Crippen molar-refractivity contribution in [3.63, 3.8) is 0 Å². The van der Waals surface area contributed by atoms with Gasteiger partial charge in [-0.3, -0.25) is 9.59 Å². The Hall–Kier alpha value is -2.64. The fourth-order valence-electron chi connectivity index (χ4n) is 1.70. The first-order chi connectivity index (χ1) is 11.3. The highest BCUT2D eigenvalue weighted by Crippen LogP contribution is 2.29. The van der Waals surface area contributed by atoms with E-state index in [0.29, 0.717) is 6.42 Å². The summed E-state index contributed by atoms with van der Waals surface area (Å²) in [4.78, 5) is 39.4. The molecule has 0 saturated carbocycles. The zero-order valence-corrected chi connectivity index (χ0v) is 14.4. The number of carbonyl (C=O) groups is 3. The van der Waals surface area contributed by atoms with Crippen LogP contribution in [0.15, 0.2) is 12.3 Å². The molecule has 0 spiro atoms. The van der Waals surface area contributed by atoms with Gasteiger partial charge in [-0.25, -0.2) is 9.78 Å². The van der Waals surface area contributed by atoms with Crippen molar-refractivity contribution in [2.75, 3.05) is 7.11 Å². The summed E-state index contributed by atoms with van der Waals surface area (Å²) in [5.74, 6) is -1.79. The standard InChI is InChI=1S/C16H22N2O6/c1-6-9(2)23-16(21)10(3)18-15(20)13-14(24-11(4)19)12(22-5)7-8-17-13/h7-10H,6H2,1-5H3,(H,18,20)/t9?,10-/m0/s1. The number of pyridine rings is 1. The second-order valence-electron chi connectivity index (χ2n) is 5.14. The van der Waals surface area contributed by atoms with Crippen molar-refractivity contribution in [1.29, 1.82) is 0 Å². The first-order valence-corrected chi connectivity index (χ1v) is 7.52. The molecule has 1 rings (SSSR count). The van der Waals surface area contributed by atoms with E-state index in [1.807, 2.05) is 6.92 Å². The molecule has 132 valence electrons. The summed E-state index contributed by atoms with van der Waals surface area (Å²) >= 11 is 0. The van der Waals surface area contributed by atoms with Crippen LogP contribution in [-0.2, 0) is 14.3 Å². The Kier molecular flexibility index (Phi) is 7.16. The van der Waals surface area contributed by atoms with Gasteiger partial charge in [0.05, 0.1) is 13.2 Å². The van der Waals surface area contributed by atoms with Crippen LogP contribution in [0, 0.1) is 0 Å². The molecule has 1 unspecified atom stereocenters. The topological polar surface area (TPSA) is 104 Å². The van der Waals surface area contributed by atoms with Crippen molar-refractivity contribution in [3.05, 3.63) is 18.0 Å². The Labute approximate surface area is 140 Å². The summed E-state index contributed by atoms with van der Waals surface area (Å²) in [6.45, 7) is 6.33. The summed E-state index contributed by atoms with van der Waals surface area (Å²) in [6, 6.07) is 0.569. The van der Waals surface area contributed by atoms with Crippen molar-refractivity contribution in [2.24, 2.45) is 0 Å². The third kappa shape index (κ3) is 5.22. The van der Waals surface area contributed by atoms with Gasteiger partial charge < -0.3 is 19.5 Å². The fraction of sp³-hybridized carbons (Fsp3) is 0.500. The Morgan fingerprint density at radius 3 is 2.50 bits per heavy atom. The Balaban J connectivity index is 2.95. The molecular formula is C16H22N2O6. The molecule has 0 aliphatic carbocycles. The van der Waals surface area contributed by atoms with Crippen LogP contribution in [0.1, 0.15) is 44.6 Å². The molecule has 0 saturated heterocycles. The van der Waals surface area contributed by atoms with Crippen molar-refractivity contribution >= 4 is 17.8 Å². The van der Waals surface area contributed by atoms with E-state index in [2.05, 4.69) is 10.3 Å². The lowest BCUT2D eigenvalue weighted by atomic mass is 10.2. The average molecular weight is 338 g/mol. The summed E-state index contributed by atoms with van der Waals surface area (Å²) in [5.41, 5.74) is -0.160. The third-order valence-corrected chi connectivity index (χ3v) is 3.14. The van der Waals surface area contributed by atoms with E-state index in [1.165, 1.54) is 33.2 Å². The molecular weight excluding hydrogens is 316 g/mol. The van der Waals surface area contributed by atoms with Gasteiger partial charge in [0.15, 0.2) is 11.4 Å². The minimum absolute atomic E-state index is 0.104. The number of ether oxygens (including phenoxy) is 3. The second-order valence-corrected chi connectivity index (χ2v) is 5.14. The van der Waals surface area contributed by atoms with E-state index < -0.39 is 23.9 Å². The molecule has 1 aromatic heterocycles. The molecule has 1 aromatic rings. The molecule has 0 aliphatic rings. The smallest absolute Gasteiger partial charge is 0.328 e. The molecule has 0 aliphatic heterocycles. The maximum absolute atomic E-state index is 12.4. The first-order valence-electron chi connectivity index (χ1n) is 7.52. The highest BCUT2D eigenvalue weighted by molar-refractivity contribution is 5.98. The average Bonchev–Trinajstić information content (AvgIpc) is 2.53. The molecule has 0 aromatic carbocycles. The van der Waals surface area contributed by atoms with Crippen LogP contribution in [-0.4, -0.2) is 42.1 Å². The van der Waals surface area contributed by atoms with Gasteiger partial charge in [-0.15, -0.1) is 0 Å². The highest BCUT2D eigenvalue weighted by Gasteiger charge is 2.25. The van der Waals surface area contributed by atoms with Gasteiger partial charge in [0, 0.05) is 19.2 Å². The number of carbonyl (C=O) groups excluding carboxylic acids is 3. The summed E-state index contributed by atoms with van der Waals surface area (Å²) in [7, 11) is 1.37. The Morgan fingerprint density at radius 1 is 1.29 bits per heavy atom. The van der Waals surface area contributed by atoms with E-state index in [0.717, 1.165) is 0 Å². The molecule has 0 radical (unpaired) electrons. The molecule has 1 N–H and O–H groups in total. The highest BCUT2D eigenvalue weighted by atomic mass is 16.6. The number of methoxy groups -OCH3 is 1. The minimum Gasteiger partial charge on any atom is -0.493 e. The van der Waals surface area contributed by atoms with Crippen LogP contribution in [0.5, 0.6) is 11.5 Å². The lowest BCUT2D eigenvalue weighted by molar-refractivity contribution is -0.150. The number of esters is 2. The van der Waals surface area contributed by atoms with Crippen molar-refractivity contribution < 1.29 is 28.6 Å². The van der Waals surface area contributed by atoms with Crippen LogP contribution in [0.4, 0.5) is 0 Å². The van der Waals surface area contributed by atoms with Gasteiger partial charge in [0.1, 0.15) is 6.04 Å². The van der Waals surface area contributed by atoms with Crippen LogP contribution in [0.2, 0.25) is 0 Å². The Morgan fingerprint density at radius 2 is 1.96 bits per heavy atom. The number of amides is 1.